The lowest BCUT2D eigenvalue weighted by atomic mass is 9.83. The van der Waals surface area contributed by atoms with Gasteiger partial charge < -0.3 is 15.2 Å². The van der Waals surface area contributed by atoms with Crippen LogP contribution < -0.4 is 10.1 Å². The number of nitrogens with one attached hydrogen (secondary N) is 1. The van der Waals surface area contributed by atoms with Gasteiger partial charge in [-0.3, -0.25) is 0 Å². The number of rotatable bonds is 6. The van der Waals surface area contributed by atoms with Gasteiger partial charge in [0.25, 0.3) is 0 Å². The number of aromatic hydroxyl groups is 1. The average Bonchev–Trinajstić information content (AvgIpc) is 2.88. The average molecular weight is 263 g/mol. The van der Waals surface area contributed by atoms with Crippen LogP contribution in [-0.4, -0.2) is 18.8 Å². The molecule has 0 bridgehead atoms. The zero-order valence-corrected chi connectivity index (χ0v) is 12.0. The number of phenolic OH excluding ortho intramolecular Hbond substituents is 1. The van der Waals surface area contributed by atoms with Gasteiger partial charge in [0.2, 0.25) is 0 Å². The molecule has 0 unspecified atom stereocenters. The lowest BCUT2D eigenvalue weighted by Gasteiger charge is -2.27. The molecule has 1 aliphatic carbocycles. The predicted octanol–water partition coefficient (Wildman–Crippen LogP) is 3.46. The molecule has 106 valence electrons. The molecule has 1 aliphatic rings. The van der Waals surface area contributed by atoms with E-state index in [2.05, 4.69) is 12.2 Å². The van der Waals surface area contributed by atoms with Crippen LogP contribution in [0, 0.1) is 5.41 Å². The molecular formula is C16H25NO2. The highest BCUT2D eigenvalue weighted by Gasteiger charge is 2.31. The summed E-state index contributed by atoms with van der Waals surface area (Å²) in [6, 6.07) is 5.59. The molecule has 0 amide bonds. The van der Waals surface area contributed by atoms with Crippen molar-refractivity contribution >= 4 is 0 Å². The Balaban J connectivity index is 1.87. The number of hydrogen-bond acceptors (Lipinski definition) is 3. The molecule has 0 spiro atoms. The maximum atomic E-state index is 9.75. The van der Waals surface area contributed by atoms with Crippen LogP contribution in [0.15, 0.2) is 18.2 Å². The summed E-state index contributed by atoms with van der Waals surface area (Å²) in [5.74, 6) is 0.748. The highest BCUT2D eigenvalue weighted by Crippen LogP contribution is 2.40. The van der Waals surface area contributed by atoms with E-state index in [9.17, 15) is 5.11 Å². The molecule has 3 nitrogen and oxygen atoms in total. The van der Waals surface area contributed by atoms with Crippen LogP contribution in [0.1, 0.15) is 44.6 Å². The number of benzene rings is 1. The number of phenols is 1. The van der Waals surface area contributed by atoms with Crippen molar-refractivity contribution in [3.63, 3.8) is 0 Å². The molecule has 0 heterocycles. The standard InChI is InChI=1S/C16H25NO2/c1-3-16(8-4-5-9-16)12-17-11-13-6-7-15(19-2)14(18)10-13/h6-7,10,17-18H,3-5,8-9,11-12H2,1-2H3. The molecule has 0 radical (unpaired) electrons. The van der Waals surface area contributed by atoms with Gasteiger partial charge in [0.05, 0.1) is 7.11 Å². The van der Waals surface area contributed by atoms with Crippen molar-refractivity contribution < 1.29 is 9.84 Å². The van der Waals surface area contributed by atoms with Gasteiger partial charge in [-0.2, -0.15) is 0 Å². The van der Waals surface area contributed by atoms with Crippen LogP contribution in [0.2, 0.25) is 0 Å². The first-order chi connectivity index (χ1) is 9.19. The minimum absolute atomic E-state index is 0.216. The number of methoxy groups -OCH3 is 1. The summed E-state index contributed by atoms with van der Waals surface area (Å²) in [4.78, 5) is 0. The van der Waals surface area contributed by atoms with Gasteiger partial charge in [0.15, 0.2) is 11.5 Å². The summed E-state index contributed by atoms with van der Waals surface area (Å²) in [5.41, 5.74) is 1.61. The Morgan fingerprint density at radius 1 is 1.32 bits per heavy atom. The molecule has 3 heteroatoms. The minimum atomic E-state index is 0.216. The summed E-state index contributed by atoms with van der Waals surface area (Å²) >= 11 is 0. The van der Waals surface area contributed by atoms with E-state index in [1.165, 1.54) is 32.1 Å². The van der Waals surface area contributed by atoms with E-state index in [-0.39, 0.29) is 5.75 Å². The van der Waals surface area contributed by atoms with Gasteiger partial charge >= 0.3 is 0 Å². The Labute approximate surface area is 116 Å². The van der Waals surface area contributed by atoms with Crippen molar-refractivity contribution in [3.05, 3.63) is 23.8 Å². The second-order valence-electron chi connectivity index (χ2n) is 5.67. The molecular weight excluding hydrogens is 238 g/mol. The molecule has 2 rings (SSSR count). The third-order valence-electron chi connectivity index (χ3n) is 4.49. The maximum absolute atomic E-state index is 9.75. The summed E-state index contributed by atoms with van der Waals surface area (Å²) in [6.45, 7) is 4.18. The summed E-state index contributed by atoms with van der Waals surface area (Å²) in [6.07, 6.45) is 6.71. The molecule has 19 heavy (non-hydrogen) atoms. The lowest BCUT2D eigenvalue weighted by Crippen LogP contribution is -2.31. The van der Waals surface area contributed by atoms with Gasteiger partial charge in [-0.1, -0.05) is 25.8 Å². The molecule has 1 aromatic carbocycles. The van der Waals surface area contributed by atoms with E-state index in [4.69, 9.17) is 4.74 Å². The Hall–Kier alpha value is -1.22. The van der Waals surface area contributed by atoms with Gasteiger partial charge in [0.1, 0.15) is 0 Å². The molecule has 0 aliphatic heterocycles. The van der Waals surface area contributed by atoms with E-state index in [0.717, 1.165) is 18.7 Å². The Kier molecular flexibility index (Phi) is 4.70. The van der Waals surface area contributed by atoms with Crippen molar-refractivity contribution in [1.29, 1.82) is 0 Å². The van der Waals surface area contributed by atoms with E-state index >= 15 is 0 Å². The molecule has 0 atom stereocenters. The van der Waals surface area contributed by atoms with E-state index in [1.807, 2.05) is 12.1 Å². The largest absolute Gasteiger partial charge is 0.504 e. The lowest BCUT2D eigenvalue weighted by molar-refractivity contribution is 0.268. The Morgan fingerprint density at radius 2 is 2.05 bits per heavy atom. The molecule has 1 saturated carbocycles. The van der Waals surface area contributed by atoms with Crippen molar-refractivity contribution in [2.24, 2.45) is 5.41 Å². The second-order valence-corrected chi connectivity index (χ2v) is 5.67. The van der Waals surface area contributed by atoms with Gasteiger partial charge in [0, 0.05) is 13.1 Å². The van der Waals surface area contributed by atoms with Crippen LogP contribution in [0.4, 0.5) is 0 Å². The first-order valence-electron chi connectivity index (χ1n) is 7.26. The first-order valence-corrected chi connectivity index (χ1v) is 7.26. The monoisotopic (exact) mass is 263 g/mol. The smallest absolute Gasteiger partial charge is 0.160 e. The van der Waals surface area contributed by atoms with Gasteiger partial charge in [-0.15, -0.1) is 0 Å². The van der Waals surface area contributed by atoms with E-state index in [0.29, 0.717) is 11.2 Å². The van der Waals surface area contributed by atoms with Crippen molar-refractivity contribution in [2.75, 3.05) is 13.7 Å². The van der Waals surface area contributed by atoms with Crippen LogP contribution in [0.25, 0.3) is 0 Å². The third kappa shape index (κ3) is 3.41. The topological polar surface area (TPSA) is 41.5 Å². The number of ether oxygens (including phenoxy) is 1. The summed E-state index contributed by atoms with van der Waals surface area (Å²) < 4.78 is 5.05. The Morgan fingerprint density at radius 3 is 2.63 bits per heavy atom. The predicted molar refractivity (Wildman–Crippen MR) is 77.6 cm³/mol. The Bertz CT molecular complexity index is 411. The van der Waals surface area contributed by atoms with Gasteiger partial charge in [-0.05, 0) is 42.4 Å². The fourth-order valence-corrected chi connectivity index (χ4v) is 3.10. The van der Waals surface area contributed by atoms with Crippen molar-refractivity contribution in [1.82, 2.24) is 5.32 Å². The van der Waals surface area contributed by atoms with Crippen LogP contribution in [0.3, 0.4) is 0 Å². The zero-order chi connectivity index (χ0) is 13.7. The third-order valence-corrected chi connectivity index (χ3v) is 4.49. The van der Waals surface area contributed by atoms with E-state index < -0.39 is 0 Å². The van der Waals surface area contributed by atoms with Crippen molar-refractivity contribution in [3.8, 4) is 11.5 Å². The van der Waals surface area contributed by atoms with Crippen LogP contribution in [-0.2, 0) is 6.54 Å². The molecule has 0 aromatic heterocycles. The first kappa shape index (κ1) is 14.2. The SMILES string of the molecule is CCC1(CNCc2ccc(OC)c(O)c2)CCCC1. The number of hydrogen-bond donors (Lipinski definition) is 2. The second kappa shape index (κ2) is 6.29. The molecule has 1 aromatic rings. The van der Waals surface area contributed by atoms with Gasteiger partial charge in [-0.25, -0.2) is 0 Å². The highest BCUT2D eigenvalue weighted by molar-refractivity contribution is 5.41. The molecule has 2 N–H and O–H groups in total. The quantitative estimate of drug-likeness (QED) is 0.826. The minimum Gasteiger partial charge on any atom is -0.504 e. The summed E-state index contributed by atoms with van der Waals surface area (Å²) in [7, 11) is 1.57. The van der Waals surface area contributed by atoms with Crippen molar-refractivity contribution in [2.45, 2.75) is 45.6 Å². The van der Waals surface area contributed by atoms with Crippen LogP contribution >= 0.6 is 0 Å². The molecule has 1 fully saturated rings. The van der Waals surface area contributed by atoms with E-state index in [1.54, 1.807) is 13.2 Å². The fraction of sp³-hybridized carbons (Fsp3) is 0.625. The van der Waals surface area contributed by atoms with Crippen LogP contribution in [0.5, 0.6) is 11.5 Å². The summed E-state index contributed by atoms with van der Waals surface area (Å²) in [5, 5.41) is 13.3. The fourth-order valence-electron chi connectivity index (χ4n) is 3.10. The highest BCUT2D eigenvalue weighted by atomic mass is 16.5. The zero-order valence-electron chi connectivity index (χ0n) is 12.0. The normalized spacial score (nSPS) is 17.6. The molecule has 0 saturated heterocycles. The maximum Gasteiger partial charge on any atom is 0.160 e.